The van der Waals surface area contributed by atoms with Crippen molar-refractivity contribution in [1.82, 2.24) is 10.2 Å². The highest BCUT2D eigenvalue weighted by Gasteiger charge is 2.41. The molecule has 0 radical (unpaired) electrons. The monoisotopic (exact) mass is 374 g/mol. The summed E-state index contributed by atoms with van der Waals surface area (Å²) in [5.41, 5.74) is 1.70. The quantitative estimate of drug-likeness (QED) is 0.744. The largest absolute Gasteiger partial charge is 0.487 e. The molecule has 1 unspecified atom stereocenters. The van der Waals surface area contributed by atoms with Crippen molar-refractivity contribution < 1.29 is 29.0 Å². The first kappa shape index (κ1) is 17.9. The van der Waals surface area contributed by atoms with Crippen molar-refractivity contribution >= 4 is 17.7 Å². The molecule has 8 nitrogen and oxygen atoms in total. The summed E-state index contributed by atoms with van der Waals surface area (Å²) in [6, 6.07) is 2.86. The van der Waals surface area contributed by atoms with Gasteiger partial charge in [0, 0.05) is 25.1 Å². The van der Waals surface area contributed by atoms with Crippen LogP contribution in [0.3, 0.4) is 0 Å². The molecule has 3 heterocycles. The Balaban J connectivity index is 1.63. The zero-order chi connectivity index (χ0) is 19.0. The predicted molar refractivity (Wildman–Crippen MR) is 92.9 cm³/mol. The van der Waals surface area contributed by atoms with Crippen molar-refractivity contribution in [2.75, 3.05) is 13.2 Å². The molecule has 2 saturated heterocycles. The van der Waals surface area contributed by atoms with Crippen LogP contribution in [0.1, 0.15) is 47.2 Å². The van der Waals surface area contributed by atoms with Crippen molar-refractivity contribution in [1.29, 1.82) is 0 Å². The number of imide groups is 1. The minimum absolute atomic E-state index is 0.173. The van der Waals surface area contributed by atoms with E-state index in [2.05, 4.69) is 5.32 Å². The molecule has 8 heteroatoms. The Morgan fingerprint density at radius 3 is 2.81 bits per heavy atom. The molecule has 3 amide bonds. The van der Waals surface area contributed by atoms with Gasteiger partial charge >= 0.3 is 0 Å². The Hall–Kier alpha value is -2.45. The Morgan fingerprint density at radius 1 is 1.26 bits per heavy atom. The van der Waals surface area contributed by atoms with Crippen LogP contribution in [-0.4, -0.2) is 53.1 Å². The zero-order valence-corrected chi connectivity index (χ0v) is 14.9. The molecule has 1 aromatic rings. The van der Waals surface area contributed by atoms with Crippen LogP contribution >= 0.6 is 0 Å². The number of piperidine rings is 1. The van der Waals surface area contributed by atoms with Crippen molar-refractivity contribution in [3.05, 3.63) is 28.8 Å². The number of hydrogen-bond acceptors (Lipinski definition) is 6. The second-order valence-corrected chi connectivity index (χ2v) is 7.10. The highest BCUT2D eigenvalue weighted by Crippen LogP contribution is 2.37. The molecule has 1 aromatic carbocycles. The van der Waals surface area contributed by atoms with Crippen LogP contribution in [0.5, 0.6) is 5.75 Å². The molecular formula is C19H22N2O6. The summed E-state index contributed by atoms with van der Waals surface area (Å²) in [6.45, 7) is 1.17. The Labute approximate surface area is 156 Å². The number of aliphatic hydroxyl groups is 1. The molecule has 3 aliphatic heterocycles. The van der Waals surface area contributed by atoms with Crippen LogP contribution in [0, 0.1) is 0 Å². The number of carbonyl (C=O) groups is 3. The molecular weight excluding hydrogens is 352 g/mol. The van der Waals surface area contributed by atoms with Gasteiger partial charge in [0.1, 0.15) is 17.9 Å². The van der Waals surface area contributed by atoms with E-state index in [4.69, 9.17) is 9.47 Å². The minimum atomic E-state index is -0.675. The highest BCUT2D eigenvalue weighted by molar-refractivity contribution is 6.06. The molecule has 2 fully saturated rings. The van der Waals surface area contributed by atoms with E-state index < -0.39 is 11.9 Å². The first-order chi connectivity index (χ1) is 13.1. The number of aliphatic hydroxyl groups excluding tert-OH is 1. The van der Waals surface area contributed by atoms with Gasteiger partial charge < -0.3 is 19.5 Å². The molecule has 0 aromatic heterocycles. The fraction of sp³-hybridized carbons (Fsp3) is 0.526. The standard InChI is InChI=1S/C19H22N2O6/c22-9-12-4-3-11-8-21(14-5-6-15(23)20-18(14)24)19(25)16(11)17(12)27-13-2-1-7-26-10-13/h3-4,13-14,22H,1-2,5-10H2,(H,20,23,24)/t13-,14?/m1/s1. The Kier molecular flexibility index (Phi) is 4.84. The van der Waals surface area contributed by atoms with Gasteiger partial charge in [-0.05, 0) is 24.8 Å². The lowest BCUT2D eigenvalue weighted by atomic mass is 10.0. The molecule has 4 rings (SSSR count). The molecule has 27 heavy (non-hydrogen) atoms. The van der Waals surface area contributed by atoms with Gasteiger partial charge in [-0.25, -0.2) is 0 Å². The van der Waals surface area contributed by atoms with Gasteiger partial charge in [-0.1, -0.05) is 12.1 Å². The van der Waals surface area contributed by atoms with Crippen molar-refractivity contribution in [3.63, 3.8) is 0 Å². The fourth-order valence-corrected chi connectivity index (χ4v) is 3.89. The maximum absolute atomic E-state index is 13.1. The van der Waals surface area contributed by atoms with Gasteiger partial charge in [0.25, 0.3) is 5.91 Å². The lowest BCUT2D eigenvalue weighted by Gasteiger charge is -2.29. The zero-order valence-electron chi connectivity index (χ0n) is 14.9. The normalized spacial score (nSPS) is 25.4. The van der Waals surface area contributed by atoms with Gasteiger partial charge in [-0.15, -0.1) is 0 Å². The summed E-state index contributed by atoms with van der Waals surface area (Å²) in [5, 5.41) is 12.0. The van der Waals surface area contributed by atoms with E-state index in [-0.39, 0.29) is 37.5 Å². The highest BCUT2D eigenvalue weighted by atomic mass is 16.5. The molecule has 0 bridgehead atoms. The van der Waals surface area contributed by atoms with Gasteiger partial charge in [-0.3, -0.25) is 19.7 Å². The molecule has 0 spiro atoms. The van der Waals surface area contributed by atoms with E-state index >= 15 is 0 Å². The predicted octanol–water partition coefficient (Wildman–Crippen LogP) is 0.498. The topological polar surface area (TPSA) is 105 Å². The van der Waals surface area contributed by atoms with E-state index in [0.29, 0.717) is 36.5 Å². The van der Waals surface area contributed by atoms with E-state index in [0.717, 1.165) is 18.4 Å². The third-order valence-electron chi connectivity index (χ3n) is 5.30. The smallest absolute Gasteiger partial charge is 0.258 e. The molecule has 2 atom stereocenters. The number of benzene rings is 1. The van der Waals surface area contributed by atoms with Gasteiger partial charge in [-0.2, -0.15) is 0 Å². The van der Waals surface area contributed by atoms with E-state index in [9.17, 15) is 19.5 Å². The fourth-order valence-electron chi connectivity index (χ4n) is 3.89. The molecule has 144 valence electrons. The molecule has 2 N–H and O–H groups in total. The van der Waals surface area contributed by atoms with Crippen molar-refractivity contribution in [3.8, 4) is 5.75 Å². The summed E-state index contributed by atoms with van der Waals surface area (Å²) < 4.78 is 11.5. The van der Waals surface area contributed by atoms with Crippen LogP contribution < -0.4 is 10.1 Å². The van der Waals surface area contributed by atoms with Gasteiger partial charge in [0.15, 0.2) is 0 Å². The second kappa shape index (κ2) is 7.28. The SMILES string of the molecule is O=C1CCC(N2Cc3ccc(CO)c(O[C@@H]4CCCOC4)c3C2=O)C(=O)N1. The number of amides is 3. The summed E-state index contributed by atoms with van der Waals surface area (Å²) in [5.74, 6) is -0.686. The van der Waals surface area contributed by atoms with Crippen LogP contribution in [0.15, 0.2) is 12.1 Å². The van der Waals surface area contributed by atoms with E-state index in [1.807, 2.05) is 0 Å². The summed E-state index contributed by atoms with van der Waals surface area (Å²) >= 11 is 0. The maximum Gasteiger partial charge on any atom is 0.258 e. The van der Waals surface area contributed by atoms with Crippen LogP contribution in [-0.2, 0) is 27.5 Å². The van der Waals surface area contributed by atoms with E-state index in [1.54, 1.807) is 12.1 Å². The lowest BCUT2D eigenvalue weighted by molar-refractivity contribution is -0.136. The third-order valence-corrected chi connectivity index (χ3v) is 5.30. The van der Waals surface area contributed by atoms with Crippen molar-refractivity contribution in [2.24, 2.45) is 0 Å². The van der Waals surface area contributed by atoms with Gasteiger partial charge in [0.05, 0.1) is 18.8 Å². The van der Waals surface area contributed by atoms with Crippen molar-refractivity contribution in [2.45, 2.75) is 51.0 Å². The first-order valence-electron chi connectivity index (χ1n) is 9.23. The number of ether oxygens (including phenoxy) is 2. The first-order valence-corrected chi connectivity index (χ1v) is 9.23. The molecule has 3 aliphatic rings. The minimum Gasteiger partial charge on any atom is -0.487 e. The number of fused-ring (bicyclic) bond motifs is 1. The lowest BCUT2D eigenvalue weighted by Crippen LogP contribution is -2.52. The number of rotatable bonds is 4. The van der Waals surface area contributed by atoms with Gasteiger partial charge in [0.2, 0.25) is 11.8 Å². The maximum atomic E-state index is 13.1. The average Bonchev–Trinajstić information content (AvgIpc) is 3.00. The Morgan fingerprint density at radius 2 is 2.11 bits per heavy atom. The summed E-state index contributed by atoms with van der Waals surface area (Å²) in [4.78, 5) is 38.2. The third kappa shape index (κ3) is 3.30. The second-order valence-electron chi connectivity index (χ2n) is 7.10. The number of nitrogens with one attached hydrogen (secondary N) is 1. The van der Waals surface area contributed by atoms with E-state index in [1.165, 1.54) is 4.90 Å². The molecule has 0 saturated carbocycles. The van der Waals surface area contributed by atoms with Crippen LogP contribution in [0.4, 0.5) is 0 Å². The van der Waals surface area contributed by atoms with Crippen LogP contribution in [0.25, 0.3) is 0 Å². The summed E-state index contributed by atoms with van der Waals surface area (Å²) in [6.07, 6.45) is 2.04. The average molecular weight is 374 g/mol. The molecule has 0 aliphatic carbocycles. The number of hydrogen-bond donors (Lipinski definition) is 2. The van der Waals surface area contributed by atoms with Crippen LogP contribution in [0.2, 0.25) is 0 Å². The number of carbonyl (C=O) groups excluding carboxylic acids is 3. The Bertz CT molecular complexity index is 787. The summed E-state index contributed by atoms with van der Waals surface area (Å²) in [7, 11) is 0. The number of nitrogens with zero attached hydrogens (tertiary/aromatic N) is 1.